The standard InChI is InChI=1S/C49H93NO5/c1-3-5-7-9-11-13-15-17-18-20-21-25-29-33-37-41-47(52)46(45-51)50-48(53)42-38-34-30-26-23-24-28-32-36-40-44-55-49(54)43-39-35-31-27-22-19-16-14-12-10-8-6-4-2/h8,10,14,16,46-47,51-52H,3-7,9,11-13,15,17-45H2,1-2H3,(H,50,53)/b10-8-,16-14-. The first-order valence-corrected chi connectivity index (χ1v) is 24.1. The summed E-state index contributed by atoms with van der Waals surface area (Å²) in [6, 6.07) is -0.558. The maximum atomic E-state index is 12.4. The van der Waals surface area contributed by atoms with Crippen LogP contribution >= 0.6 is 0 Å². The van der Waals surface area contributed by atoms with E-state index in [1.165, 1.54) is 148 Å². The Morgan fingerprint density at radius 2 is 0.945 bits per heavy atom. The fourth-order valence-electron chi connectivity index (χ4n) is 7.26. The van der Waals surface area contributed by atoms with Crippen molar-refractivity contribution >= 4 is 11.9 Å². The highest BCUT2D eigenvalue weighted by Gasteiger charge is 2.20. The molecule has 0 heterocycles. The van der Waals surface area contributed by atoms with Crippen LogP contribution < -0.4 is 5.32 Å². The predicted molar refractivity (Wildman–Crippen MR) is 236 cm³/mol. The Morgan fingerprint density at radius 3 is 1.45 bits per heavy atom. The zero-order chi connectivity index (χ0) is 40.1. The number of esters is 1. The van der Waals surface area contributed by atoms with Crippen molar-refractivity contribution < 1.29 is 24.5 Å². The minimum atomic E-state index is -0.679. The molecule has 3 N–H and O–H groups in total. The molecule has 0 aliphatic carbocycles. The highest BCUT2D eigenvalue weighted by Crippen LogP contribution is 2.16. The van der Waals surface area contributed by atoms with Gasteiger partial charge in [0.15, 0.2) is 0 Å². The number of hydrogen-bond acceptors (Lipinski definition) is 5. The van der Waals surface area contributed by atoms with Crippen LogP contribution in [0.5, 0.6) is 0 Å². The van der Waals surface area contributed by atoms with E-state index in [4.69, 9.17) is 4.74 Å². The van der Waals surface area contributed by atoms with E-state index in [-0.39, 0.29) is 18.5 Å². The van der Waals surface area contributed by atoms with Crippen LogP contribution in [-0.2, 0) is 14.3 Å². The molecule has 0 saturated heterocycles. The first kappa shape index (κ1) is 53.3. The number of unbranched alkanes of at least 4 members (excludes halogenated alkanes) is 29. The Kier molecular flexibility index (Phi) is 43.7. The largest absolute Gasteiger partial charge is 0.466 e. The number of rotatable bonds is 44. The molecule has 0 aromatic carbocycles. The van der Waals surface area contributed by atoms with E-state index >= 15 is 0 Å². The van der Waals surface area contributed by atoms with Gasteiger partial charge in [0.1, 0.15) is 0 Å². The van der Waals surface area contributed by atoms with Gasteiger partial charge in [0.25, 0.3) is 0 Å². The molecule has 0 aromatic heterocycles. The minimum absolute atomic E-state index is 0.0343. The fraction of sp³-hybridized carbons (Fsp3) is 0.878. The number of carbonyl (C=O) groups excluding carboxylic acids is 2. The van der Waals surface area contributed by atoms with E-state index in [9.17, 15) is 19.8 Å². The second kappa shape index (κ2) is 45.0. The number of ether oxygens (including phenoxy) is 1. The molecule has 1 amide bonds. The second-order valence-electron chi connectivity index (χ2n) is 16.4. The van der Waals surface area contributed by atoms with E-state index in [1.807, 2.05) is 0 Å². The lowest BCUT2D eigenvalue weighted by Crippen LogP contribution is -2.45. The first-order chi connectivity index (χ1) is 27.0. The molecule has 0 radical (unpaired) electrons. The predicted octanol–water partition coefficient (Wildman–Crippen LogP) is 14.0. The summed E-state index contributed by atoms with van der Waals surface area (Å²) in [7, 11) is 0. The summed E-state index contributed by atoms with van der Waals surface area (Å²) >= 11 is 0. The van der Waals surface area contributed by atoms with Crippen molar-refractivity contribution in [1.29, 1.82) is 0 Å². The van der Waals surface area contributed by atoms with Crippen molar-refractivity contribution in [3.63, 3.8) is 0 Å². The van der Waals surface area contributed by atoms with E-state index < -0.39 is 12.1 Å². The monoisotopic (exact) mass is 776 g/mol. The van der Waals surface area contributed by atoms with Crippen molar-refractivity contribution in [2.75, 3.05) is 13.2 Å². The van der Waals surface area contributed by atoms with Crippen LogP contribution in [0.4, 0.5) is 0 Å². The molecule has 6 nitrogen and oxygen atoms in total. The number of hydrogen-bond donors (Lipinski definition) is 3. The summed E-state index contributed by atoms with van der Waals surface area (Å²) in [6.07, 6.45) is 51.3. The number of amides is 1. The number of carbonyl (C=O) groups is 2. The molecule has 0 aromatic rings. The van der Waals surface area contributed by atoms with Gasteiger partial charge in [-0.05, 0) is 51.4 Å². The van der Waals surface area contributed by atoms with Crippen molar-refractivity contribution in [2.24, 2.45) is 0 Å². The number of aliphatic hydroxyl groups excluding tert-OH is 2. The van der Waals surface area contributed by atoms with E-state index in [0.29, 0.717) is 25.9 Å². The molecule has 0 aliphatic heterocycles. The van der Waals surface area contributed by atoms with Crippen LogP contribution in [0.3, 0.4) is 0 Å². The Morgan fingerprint density at radius 1 is 0.509 bits per heavy atom. The summed E-state index contributed by atoms with van der Waals surface area (Å²) < 4.78 is 5.43. The maximum absolute atomic E-state index is 12.4. The van der Waals surface area contributed by atoms with Gasteiger partial charge in [0.2, 0.25) is 5.91 Å². The molecule has 0 bridgehead atoms. The average molecular weight is 776 g/mol. The van der Waals surface area contributed by atoms with Gasteiger partial charge in [-0.1, -0.05) is 212 Å². The van der Waals surface area contributed by atoms with Gasteiger partial charge in [-0.2, -0.15) is 0 Å². The zero-order valence-corrected chi connectivity index (χ0v) is 36.7. The Hall–Kier alpha value is -1.66. The van der Waals surface area contributed by atoms with Crippen LogP contribution in [0.1, 0.15) is 251 Å². The van der Waals surface area contributed by atoms with Gasteiger partial charge in [0, 0.05) is 12.8 Å². The van der Waals surface area contributed by atoms with Gasteiger partial charge in [0.05, 0.1) is 25.4 Å². The third-order valence-electron chi connectivity index (χ3n) is 11.0. The average Bonchev–Trinajstić information content (AvgIpc) is 3.18. The quantitative estimate of drug-likeness (QED) is 0.0325. The van der Waals surface area contributed by atoms with E-state index in [1.54, 1.807) is 0 Å². The minimum Gasteiger partial charge on any atom is -0.466 e. The lowest BCUT2D eigenvalue weighted by Gasteiger charge is -2.22. The smallest absolute Gasteiger partial charge is 0.305 e. The molecule has 324 valence electrons. The highest BCUT2D eigenvalue weighted by molar-refractivity contribution is 5.76. The first-order valence-electron chi connectivity index (χ1n) is 24.1. The Balaban J connectivity index is 3.50. The van der Waals surface area contributed by atoms with Crippen LogP contribution in [0.2, 0.25) is 0 Å². The van der Waals surface area contributed by atoms with Crippen molar-refractivity contribution in [1.82, 2.24) is 5.32 Å². The van der Waals surface area contributed by atoms with E-state index in [2.05, 4.69) is 43.5 Å². The van der Waals surface area contributed by atoms with Crippen molar-refractivity contribution in [2.45, 2.75) is 264 Å². The van der Waals surface area contributed by atoms with Gasteiger partial charge in [-0.3, -0.25) is 9.59 Å². The molecule has 0 saturated carbocycles. The third-order valence-corrected chi connectivity index (χ3v) is 11.0. The summed E-state index contributed by atoms with van der Waals surface area (Å²) in [5.74, 6) is -0.0933. The van der Waals surface area contributed by atoms with Crippen LogP contribution in [0.25, 0.3) is 0 Å². The molecule has 0 spiro atoms. The molecule has 6 heteroatoms. The molecule has 0 rings (SSSR count). The van der Waals surface area contributed by atoms with E-state index in [0.717, 1.165) is 70.6 Å². The van der Waals surface area contributed by atoms with Gasteiger partial charge >= 0.3 is 5.97 Å². The molecular weight excluding hydrogens is 683 g/mol. The number of nitrogens with one attached hydrogen (secondary N) is 1. The Labute approximate surface area is 341 Å². The highest BCUT2D eigenvalue weighted by atomic mass is 16.5. The Bertz CT molecular complexity index is 858. The summed E-state index contributed by atoms with van der Waals surface area (Å²) in [4.78, 5) is 24.4. The summed E-state index contributed by atoms with van der Waals surface area (Å²) in [5.41, 5.74) is 0. The SMILES string of the molecule is CCC/C=C\C/C=C\CCCCCCCC(=O)OCCCCCCCCCCCCC(=O)NC(CO)C(O)CCCCCCCCCCCCCCCCC. The lowest BCUT2D eigenvalue weighted by atomic mass is 10.0. The van der Waals surface area contributed by atoms with Crippen LogP contribution in [0, 0.1) is 0 Å². The maximum Gasteiger partial charge on any atom is 0.305 e. The third kappa shape index (κ3) is 41.8. The van der Waals surface area contributed by atoms with Crippen LogP contribution in [0.15, 0.2) is 24.3 Å². The molecule has 0 aliphatic rings. The number of allylic oxidation sites excluding steroid dienone is 4. The fourth-order valence-corrected chi connectivity index (χ4v) is 7.26. The number of aliphatic hydroxyl groups is 2. The zero-order valence-electron chi connectivity index (χ0n) is 36.7. The van der Waals surface area contributed by atoms with Crippen molar-refractivity contribution in [3.05, 3.63) is 24.3 Å². The molecular formula is C49H93NO5. The normalized spacial score (nSPS) is 12.9. The van der Waals surface area contributed by atoms with Gasteiger partial charge in [-0.25, -0.2) is 0 Å². The molecule has 55 heavy (non-hydrogen) atoms. The van der Waals surface area contributed by atoms with Gasteiger partial charge in [-0.15, -0.1) is 0 Å². The molecule has 2 atom stereocenters. The van der Waals surface area contributed by atoms with Gasteiger partial charge < -0.3 is 20.3 Å². The molecule has 2 unspecified atom stereocenters. The second-order valence-corrected chi connectivity index (χ2v) is 16.4. The summed E-state index contributed by atoms with van der Waals surface area (Å²) in [6.45, 7) is 4.83. The lowest BCUT2D eigenvalue weighted by molar-refractivity contribution is -0.143. The van der Waals surface area contributed by atoms with Crippen LogP contribution in [-0.4, -0.2) is 47.4 Å². The van der Waals surface area contributed by atoms with Crippen molar-refractivity contribution in [3.8, 4) is 0 Å². The summed E-state index contributed by atoms with van der Waals surface area (Å²) in [5, 5.41) is 23.2. The topological polar surface area (TPSA) is 95.9 Å². The molecule has 0 fully saturated rings.